The van der Waals surface area contributed by atoms with Crippen LogP contribution in [0.3, 0.4) is 0 Å². The molecule has 0 bridgehead atoms. The number of hydrogen-bond acceptors (Lipinski definition) is 5. The van der Waals surface area contributed by atoms with E-state index in [0.29, 0.717) is 12.5 Å². The molecule has 1 rings (SSSR count). The fraction of sp³-hybridized carbons (Fsp3) is 0.500. The summed E-state index contributed by atoms with van der Waals surface area (Å²) >= 11 is 0. The summed E-state index contributed by atoms with van der Waals surface area (Å²) in [6, 6.07) is 0. The SMILES string of the molecule is CNc1ncc(F)c(NCCC(=O)N(C)C)n1. The summed E-state index contributed by atoms with van der Waals surface area (Å²) < 4.78 is 13.3. The summed E-state index contributed by atoms with van der Waals surface area (Å²) in [4.78, 5) is 20.4. The van der Waals surface area contributed by atoms with Gasteiger partial charge in [0.25, 0.3) is 0 Å². The Morgan fingerprint density at radius 1 is 1.53 bits per heavy atom. The largest absolute Gasteiger partial charge is 0.367 e. The summed E-state index contributed by atoms with van der Waals surface area (Å²) in [5, 5.41) is 5.47. The highest BCUT2D eigenvalue weighted by atomic mass is 19.1. The van der Waals surface area contributed by atoms with Crippen LogP contribution in [0.4, 0.5) is 16.2 Å². The van der Waals surface area contributed by atoms with Gasteiger partial charge in [0.15, 0.2) is 11.6 Å². The summed E-state index contributed by atoms with van der Waals surface area (Å²) in [7, 11) is 4.99. The van der Waals surface area contributed by atoms with E-state index < -0.39 is 5.82 Å². The van der Waals surface area contributed by atoms with Crippen molar-refractivity contribution in [1.82, 2.24) is 14.9 Å². The molecule has 0 atom stereocenters. The number of aromatic nitrogens is 2. The van der Waals surface area contributed by atoms with Crippen molar-refractivity contribution in [3.8, 4) is 0 Å². The Kier molecular flexibility index (Phi) is 4.62. The molecule has 1 aromatic rings. The molecule has 0 saturated heterocycles. The molecule has 94 valence electrons. The lowest BCUT2D eigenvalue weighted by Crippen LogP contribution is -2.24. The molecule has 0 aliphatic carbocycles. The number of carbonyl (C=O) groups is 1. The zero-order chi connectivity index (χ0) is 12.8. The standard InChI is InChI=1S/C10H16FN5O/c1-12-10-14-6-7(11)9(15-10)13-5-4-8(17)16(2)3/h6H,4-5H2,1-3H3,(H2,12,13,14,15). The second kappa shape index (κ2) is 5.97. The van der Waals surface area contributed by atoms with Crippen molar-refractivity contribution in [2.45, 2.75) is 6.42 Å². The molecule has 6 nitrogen and oxygen atoms in total. The molecule has 0 aliphatic rings. The first-order chi connectivity index (χ1) is 8.04. The number of halogens is 1. The van der Waals surface area contributed by atoms with E-state index in [-0.39, 0.29) is 18.1 Å². The zero-order valence-corrected chi connectivity index (χ0v) is 10.1. The molecule has 17 heavy (non-hydrogen) atoms. The maximum atomic E-state index is 13.3. The zero-order valence-electron chi connectivity index (χ0n) is 10.1. The van der Waals surface area contributed by atoms with E-state index in [1.54, 1.807) is 21.1 Å². The second-order valence-corrected chi connectivity index (χ2v) is 3.61. The van der Waals surface area contributed by atoms with Gasteiger partial charge in [-0.15, -0.1) is 0 Å². The van der Waals surface area contributed by atoms with E-state index in [4.69, 9.17) is 0 Å². The lowest BCUT2D eigenvalue weighted by atomic mass is 10.4. The number of nitrogens with zero attached hydrogens (tertiary/aromatic N) is 3. The van der Waals surface area contributed by atoms with Crippen molar-refractivity contribution in [3.05, 3.63) is 12.0 Å². The molecule has 0 unspecified atom stereocenters. The fourth-order valence-corrected chi connectivity index (χ4v) is 1.12. The van der Waals surface area contributed by atoms with E-state index >= 15 is 0 Å². The summed E-state index contributed by atoms with van der Waals surface area (Å²) in [5.41, 5.74) is 0. The molecule has 0 fully saturated rings. The van der Waals surface area contributed by atoms with E-state index in [0.717, 1.165) is 6.20 Å². The molecule has 7 heteroatoms. The van der Waals surface area contributed by atoms with Crippen molar-refractivity contribution in [3.63, 3.8) is 0 Å². The van der Waals surface area contributed by atoms with Gasteiger partial charge in [0.1, 0.15) is 0 Å². The molecular weight excluding hydrogens is 225 g/mol. The Morgan fingerprint density at radius 2 is 2.24 bits per heavy atom. The van der Waals surface area contributed by atoms with Gasteiger partial charge >= 0.3 is 0 Å². The molecule has 0 radical (unpaired) electrons. The predicted molar refractivity (Wildman–Crippen MR) is 63.3 cm³/mol. The van der Waals surface area contributed by atoms with Crippen LogP contribution in [-0.2, 0) is 4.79 Å². The summed E-state index contributed by atoms with van der Waals surface area (Å²) in [6.07, 6.45) is 1.36. The normalized spacial score (nSPS) is 9.88. The second-order valence-electron chi connectivity index (χ2n) is 3.61. The highest BCUT2D eigenvalue weighted by Crippen LogP contribution is 2.11. The van der Waals surface area contributed by atoms with Crippen LogP contribution in [0.25, 0.3) is 0 Å². The van der Waals surface area contributed by atoms with Gasteiger partial charge in [-0.1, -0.05) is 0 Å². The highest BCUT2D eigenvalue weighted by molar-refractivity contribution is 5.76. The van der Waals surface area contributed by atoms with Gasteiger partial charge in [0, 0.05) is 34.1 Å². The fourth-order valence-electron chi connectivity index (χ4n) is 1.12. The summed E-state index contributed by atoms with van der Waals surface area (Å²) in [5.74, 6) is -0.147. The minimum absolute atomic E-state index is 0.0270. The van der Waals surface area contributed by atoms with Crippen LogP contribution in [0.15, 0.2) is 6.20 Å². The van der Waals surface area contributed by atoms with Gasteiger partial charge in [-0.2, -0.15) is 4.98 Å². The first-order valence-electron chi connectivity index (χ1n) is 5.19. The average molecular weight is 241 g/mol. The maximum Gasteiger partial charge on any atom is 0.224 e. The van der Waals surface area contributed by atoms with Crippen LogP contribution in [0.1, 0.15) is 6.42 Å². The topological polar surface area (TPSA) is 70.2 Å². The average Bonchev–Trinajstić information content (AvgIpc) is 2.31. The third kappa shape index (κ3) is 3.86. The minimum Gasteiger partial charge on any atom is -0.367 e. The Hall–Kier alpha value is -1.92. The van der Waals surface area contributed by atoms with Gasteiger partial charge in [-0.3, -0.25) is 4.79 Å². The van der Waals surface area contributed by atoms with Crippen molar-refractivity contribution in [1.29, 1.82) is 0 Å². The minimum atomic E-state index is -0.540. The Labute approximate surface area is 99.2 Å². The Morgan fingerprint density at radius 3 is 2.82 bits per heavy atom. The van der Waals surface area contributed by atoms with Crippen LogP contribution >= 0.6 is 0 Å². The van der Waals surface area contributed by atoms with Gasteiger partial charge in [-0.25, -0.2) is 9.37 Å². The van der Waals surface area contributed by atoms with Gasteiger partial charge in [-0.05, 0) is 0 Å². The van der Waals surface area contributed by atoms with E-state index in [1.807, 2.05) is 0 Å². The van der Waals surface area contributed by atoms with Crippen molar-refractivity contribution >= 4 is 17.7 Å². The van der Waals surface area contributed by atoms with Gasteiger partial charge in [0.05, 0.1) is 6.20 Å². The molecule has 0 saturated carbocycles. The summed E-state index contributed by atoms with van der Waals surface area (Å²) in [6.45, 7) is 0.327. The van der Waals surface area contributed by atoms with E-state index in [2.05, 4.69) is 20.6 Å². The molecule has 1 amide bonds. The third-order valence-electron chi connectivity index (χ3n) is 2.10. The maximum absolute atomic E-state index is 13.3. The first-order valence-corrected chi connectivity index (χ1v) is 5.19. The van der Waals surface area contributed by atoms with Crippen LogP contribution in [-0.4, -0.2) is 48.5 Å². The first kappa shape index (κ1) is 13.1. The third-order valence-corrected chi connectivity index (χ3v) is 2.10. The molecular formula is C10H16FN5O. The number of anilines is 2. The molecule has 0 aliphatic heterocycles. The number of rotatable bonds is 5. The van der Waals surface area contributed by atoms with E-state index in [1.165, 1.54) is 4.90 Å². The quantitative estimate of drug-likeness (QED) is 0.787. The molecule has 2 N–H and O–H groups in total. The van der Waals surface area contributed by atoms with Crippen LogP contribution < -0.4 is 10.6 Å². The van der Waals surface area contributed by atoms with Crippen LogP contribution in [0.2, 0.25) is 0 Å². The number of nitrogens with one attached hydrogen (secondary N) is 2. The smallest absolute Gasteiger partial charge is 0.224 e. The van der Waals surface area contributed by atoms with Crippen molar-refractivity contribution < 1.29 is 9.18 Å². The lowest BCUT2D eigenvalue weighted by Gasteiger charge is -2.11. The molecule has 1 aromatic heterocycles. The number of amides is 1. The Bertz CT molecular complexity index is 396. The van der Waals surface area contributed by atoms with Gasteiger partial charge < -0.3 is 15.5 Å². The monoisotopic (exact) mass is 241 g/mol. The highest BCUT2D eigenvalue weighted by Gasteiger charge is 2.07. The predicted octanol–water partition coefficient (Wildman–Crippen LogP) is 0.548. The Balaban J connectivity index is 2.54. The van der Waals surface area contributed by atoms with Crippen LogP contribution in [0, 0.1) is 5.82 Å². The van der Waals surface area contributed by atoms with Crippen molar-refractivity contribution in [2.24, 2.45) is 0 Å². The molecule has 1 heterocycles. The number of hydrogen-bond donors (Lipinski definition) is 2. The molecule has 0 spiro atoms. The number of carbonyl (C=O) groups excluding carboxylic acids is 1. The van der Waals surface area contributed by atoms with Crippen LogP contribution in [0.5, 0.6) is 0 Å². The van der Waals surface area contributed by atoms with Gasteiger partial charge in [0.2, 0.25) is 11.9 Å². The van der Waals surface area contributed by atoms with Crippen molar-refractivity contribution in [2.75, 3.05) is 38.3 Å². The lowest BCUT2D eigenvalue weighted by molar-refractivity contribution is -0.128. The van der Waals surface area contributed by atoms with E-state index in [9.17, 15) is 9.18 Å². The molecule has 0 aromatic carbocycles.